The normalized spacial score (nSPS) is 19.5. The standard InChI is InChI=1S/C15H21ClN2O/c1-18(14-2-5-17-6-3-14)10-12-9-13(16)8-11-4-7-19-15(11)12/h8-9,14,17H,2-7,10H2,1H3. The second-order valence-corrected chi connectivity index (χ2v) is 5.98. The molecule has 3 nitrogen and oxygen atoms in total. The van der Waals surface area contributed by atoms with E-state index in [9.17, 15) is 0 Å². The zero-order chi connectivity index (χ0) is 13.2. The van der Waals surface area contributed by atoms with Gasteiger partial charge in [-0.05, 0) is 50.7 Å². The molecule has 0 aromatic heterocycles. The van der Waals surface area contributed by atoms with Crippen LogP contribution in [-0.4, -0.2) is 37.7 Å². The molecule has 1 N–H and O–H groups in total. The third-order valence-corrected chi connectivity index (χ3v) is 4.40. The smallest absolute Gasteiger partial charge is 0.127 e. The predicted molar refractivity (Wildman–Crippen MR) is 78.0 cm³/mol. The highest BCUT2D eigenvalue weighted by Crippen LogP contribution is 2.33. The van der Waals surface area contributed by atoms with Gasteiger partial charge in [0.2, 0.25) is 0 Å². The first-order chi connectivity index (χ1) is 9.24. The van der Waals surface area contributed by atoms with Crippen molar-refractivity contribution >= 4 is 11.6 Å². The molecule has 3 rings (SSSR count). The topological polar surface area (TPSA) is 24.5 Å². The summed E-state index contributed by atoms with van der Waals surface area (Å²) in [5, 5.41) is 4.24. The molecule has 0 bridgehead atoms. The van der Waals surface area contributed by atoms with Crippen LogP contribution in [0.25, 0.3) is 0 Å². The highest BCUT2D eigenvalue weighted by Gasteiger charge is 2.22. The number of piperidine rings is 1. The average Bonchev–Trinajstić information content (AvgIpc) is 2.88. The van der Waals surface area contributed by atoms with E-state index in [1.54, 1.807) is 0 Å². The lowest BCUT2D eigenvalue weighted by atomic mass is 10.0. The number of halogens is 1. The van der Waals surface area contributed by atoms with Gasteiger partial charge in [-0.2, -0.15) is 0 Å². The van der Waals surface area contributed by atoms with Gasteiger partial charge in [0.25, 0.3) is 0 Å². The minimum atomic E-state index is 0.664. The Bertz CT molecular complexity index is 458. The molecule has 0 saturated carbocycles. The number of benzene rings is 1. The van der Waals surface area contributed by atoms with E-state index in [1.807, 2.05) is 6.07 Å². The maximum atomic E-state index is 6.21. The third kappa shape index (κ3) is 2.88. The molecule has 0 radical (unpaired) electrons. The molecule has 0 amide bonds. The van der Waals surface area contributed by atoms with E-state index >= 15 is 0 Å². The van der Waals surface area contributed by atoms with Gasteiger partial charge >= 0.3 is 0 Å². The largest absolute Gasteiger partial charge is 0.493 e. The summed E-state index contributed by atoms with van der Waals surface area (Å²) in [5.41, 5.74) is 2.50. The molecular weight excluding hydrogens is 260 g/mol. The lowest BCUT2D eigenvalue weighted by Gasteiger charge is -2.32. The van der Waals surface area contributed by atoms with Crippen LogP contribution >= 0.6 is 11.6 Å². The highest BCUT2D eigenvalue weighted by atomic mass is 35.5. The Labute approximate surface area is 119 Å². The van der Waals surface area contributed by atoms with Crippen molar-refractivity contribution in [2.75, 3.05) is 26.7 Å². The molecule has 1 aromatic carbocycles. The predicted octanol–water partition coefficient (Wildman–Crippen LogP) is 2.46. The zero-order valence-corrected chi connectivity index (χ0v) is 12.2. The maximum Gasteiger partial charge on any atom is 0.127 e. The monoisotopic (exact) mass is 280 g/mol. The Hall–Kier alpha value is -0.770. The van der Waals surface area contributed by atoms with E-state index in [0.29, 0.717) is 6.04 Å². The molecule has 2 heterocycles. The molecule has 1 saturated heterocycles. The summed E-state index contributed by atoms with van der Waals surface area (Å²) in [5.74, 6) is 1.07. The first-order valence-electron chi connectivity index (χ1n) is 7.09. The molecule has 0 spiro atoms. The van der Waals surface area contributed by atoms with Gasteiger partial charge in [-0.3, -0.25) is 4.90 Å². The molecule has 1 aromatic rings. The van der Waals surface area contributed by atoms with Crippen molar-refractivity contribution in [2.45, 2.75) is 31.8 Å². The van der Waals surface area contributed by atoms with Crippen LogP contribution in [0.3, 0.4) is 0 Å². The van der Waals surface area contributed by atoms with Crippen molar-refractivity contribution < 1.29 is 4.74 Å². The minimum Gasteiger partial charge on any atom is -0.493 e. The average molecular weight is 281 g/mol. The van der Waals surface area contributed by atoms with Crippen molar-refractivity contribution in [1.29, 1.82) is 0 Å². The molecule has 0 aliphatic carbocycles. The highest BCUT2D eigenvalue weighted by molar-refractivity contribution is 6.30. The number of hydrogen-bond acceptors (Lipinski definition) is 3. The molecular formula is C15H21ClN2O. The summed E-state index contributed by atoms with van der Waals surface area (Å²) in [6, 6.07) is 4.76. The van der Waals surface area contributed by atoms with Crippen LogP contribution in [0.1, 0.15) is 24.0 Å². The molecule has 19 heavy (non-hydrogen) atoms. The van der Waals surface area contributed by atoms with E-state index in [-0.39, 0.29) is 0 Å². The Balaban J connectivity index is 1.75. The van der Waals surface area contributed by atoms with E-state index in [0.717, 1.165) is 43.4 Å². The van der Waals surface area contributed by atoms with Crippen LogP contribution in [-0.2, 0) is 13.0 Å². The Morgan fingerprint density at radius 1 is 1.37 bits per heavy atom. The molecule has 1 fully saturated rings. The number of nitrogens with one attached hydrogen (secondary N) is 1. The number of ether oxygens (including phenoxy) is 1. The first kappa shape index (κ1) is 13.2. The van der Waals surface area contributed by atoms with Crippen LogP contribution in [0, 0.1) is 0 Å². The van der Waals surface area contributed by atoms with E-state index in [2.05, 4.69) is 23.3 Å². The lowest BCUT2D eigenvalue weighted by Crippen LogP contribution is -2.40. The zero-order valence-electron chi connectivity index (χ0n) is 11.4. The SMILES string of the molecule is CN(Cc1cc(Cl)cc2c1OCC2)C1CCNCC1. The van der Waals surface area contributed by atoms with Gasteiger partial charge in [-0.25, -0.2) is 0 Å². The lowest BCUT2D eigenvalue weighted by molar-refractivity contribution is 0.189. The Morgan fingerprint density at radius 3 is 2.95 bits per heavy atom. The molecule has 0 unspecified atom stereocenters. The molecule has 0 atom stereocenters. The van der Waals surface area contributed by atoms with Crippen LogP contribution < -0.4 is 10.1 Å². The number of hydrogen-bond donors (Lipinski definition) is 1. The molecule has 4 heteroatoms. The summed E-state index contributed by atoms with van der Waals surface area (Å²) < 4.78 is 5.78. The Kier molecular flexibility index (Phi) is 3.96. The van der Waals surface area contributed by atoms with Crippen LogP contribution in [0.4, 0.5) is 0 Å². The summed E-state index contributed by atoms with van der Waals surface area (Å²) in [7, 11) is 2.21. The van der Waals surface area contributed by atoms with E-state index in [1.165, 1.54) is 24.0 Å². The summed E-state index contributed by atoms with van der Waals surface area (Å²) >= 11 is 6.21. The minimum absolute atomic E-state index is 0.664. The number of nitrogens with zero attached hydrogens (tertiary/aromatic N) is 1. The van der Waals surface area contributed by atoms with Gasteiger partial charge in [0.05, 0.1) is 6.61 Å². The maximum absolute atomic E-state index is 6.21. The molecule has 2 aliphatic heterocycles. The van der Waals surface area contributed by atoms with Crippen molar-refractivity contribution in [3.05, 3.63) is 28.3 Å². The van der Waals surface area contributed by atoms with Crippen molar-refractivity contribution in [3.63, 3.8) is 0 Å². The van der Waals surface area contributed by atoms with Gasteiger partial charge in [-0.15, -0.1) is 0 Å². The first-order valence-corrected chi connectivity index (χ1v) is 7.47. The molecule has 104 valence electrons. The fraction of sp³-hybridized carbons (Fsp3) is 0.600. The second kappa shape index (κ2) is 5.70. The van der Waals surface area contributed by atoms with Gasteiger partial charge < -0.3 is 10.1 Å². The number of rotatable bonds is 3. The van der Waals surface area contributed by atoms with Gasteiger partial charge in [0, 0.05) is 29.6 Å². The fourth-order valence-electron chi connectivity index (χ4n) is 3.11. The van der Waals surface area contributed by atoms with E-state index in [4.69, 9.17) is 16.3 Å². The fourth-order valence-corrected chi connectivity index (χ4v) is 3.37. The van der Waals surface area contributed by atoms with Gasteiger partial charge in [-0.1, -0.05) is 11.6 Å². The van der Waals surface area contributed by atoms with Crippen molar-refractivity contribution in [3.8, 4) is 5.75 Å². The van der Waals surface area contributed by atoms with Gasteiger partial charge in [0.1, 0.15) is 5.75 Å². The van der Waals surface area contributed by atoms with Gasteiger partial charge in [0.15, 0.2) is 0 Å². The van der Waals surface area contributed by atoms with Crippen LogP contribution in [0.2, 0.25) is 5.02 Å². The summed E-state index contributed by atoms with van der Waals surface area (Å²) in [6.45, 7) is 3.96. The van der Waals surface area contributed by atoms with Crippen LogP contribution in [0.15, 0.2) is 12.1 Å². The van der Waals surface area contributed by atoms with Crippen LogP contribution in [0.5, 0.6) is 5.75 Å². The summed E-state index contributed by atoms with van der Waals surface area (Å²) in [6.07, 6.45) is 3.43. The van der Waals surface area contributed by atoms with E-state index < -0.39 is 0 Å². The van der Waals surface area contributed by atoms with Crippen molar-refractivity contribution in [2.24, 2.45) is 0 Å². The number of fused-ring (bicyclic) bond motifs is 1. The second-order valence-electron chi connectivity index (χ2n) is 5.55. The quantitative estimate of drug-likeness (QED) is 0.921. The third-order valence-electron chi connectivity index (χ3n) is 4.18. The summed E-state index contributed by atoms with van der Waals surface area (Å²) in [4.78, 5) is 2.44. The molecule has 2 aliphatic rings. The van der Waals surface area contributed by atoms with Crippen molar-refractivity contribution in [1.82, 2.24) is 10.2 Å². The Morgan fingerprint density at radius 2 is 2.16 bits per heavy atom.